The second kappa shape index (κ2) is 5.83. The summed E-state index contributed by atoms with van der Waals surface area (Å²) in [6, 6.07) is 0. The molecule has 0 N–H and O–H groups in total. The molecule has 0 amide bonds. The fourth-order valence-electron chi connectivity index (χ4n) is 3.91. The summed E-state index contributed by atoms with van der Waals surface area (Å²) in [7, 11) is 0. The molecule has 0 saturated heterocycles. The molecule has 2 fully saturated rings. The predicted molar refractivity (Wildman–Crippen MR) is 78.4 cm³/mol. The SMILES string of the molecule is O=C(OC1CCC2(C=COO2)CC1)C1CCC2(C=COO2)CC1. The molecule has 23 heavy (non-hydrogen) atoms. The van der Waals surface area contributed by atoms with Crippen LogP contribution in [0.15, 0.2) is 24.7 Å². The van der Waals surface area contributed by atoms with E-state index in [2.05, 4.69) is 0 Å². The summed E-state index contributed by atoms with van der Waals surface area (Å²) in [6.45, 7) is 0. The Kier molecular flexibility index (Phi) is 3.81. The largest absolute Gasteiger partial charge is 0.462 e. The Balaban J connectivity index is 1.25. The number of esters is 1. The van der Waals surface area contributed by atoms with E-state index in [0.29, 0.717) is 0 Å². The van der Waals surface area contributed by atoms with Gasteiger partial charge in [0.1, 0.15) is 29.8 Å². The number of rotatable bonds is 2. The number of hydrogen-bond donors (Lipinski definition) is 0. The van der Waals surface area contributed by atoms with Crippen LogP contribution in [-0.4, -0.2) is 23.3 Å². The normalized spacial score (nSPS) is 41.9. The minimum absolute atomic E-state index is 0.00688. The molecule has 2 aliphatic heterocycles. The van der Waals surface area contributed by atoms with Crippen molar-refractivity contribution >= 4 is 5.97 Å². The third kappa shape index (κ3) is 2.97. The lowest BCUT2D eigenvalue weighted by molar-refractivity contribution is -0.300. The van der Waals surface area contributed by atoms with Crippen molar-refractivity contribution in [3.63, 3.8) is 0 Å². The zero-order valence-corrected chi connectivity index (χ0v) is 13.1. The van der Waals surface area contributed by atoms with Gasteiger partial charge >= 0.3 is 5.97 Å². The molecular weight excluding hydrogens is 300 g/mol. The topological polar surface area (TPSA) is 63.2 Å². The van der Waals surface area contributed by atoms with Crippen molar-refractivity contribution < 1.29 is 29.1 Å². The van der Waals surface area contributed by atoms with E-state index in [1.165, 1.54) is 0 Å². The molecule has 4 aliphatic rings. The van der Waals surface area contributed by atoms with Crippen molar-refractivity contribution in [2.45, 2.75) is 68.7 Å². The summed E-state index contributed by atoms with van der Waals surface area (Å²) in [4.78, 5) is 32.8. The maximum atomic E-state index is 12.4. The van der Waals surface area contributed by atoms with Crippen molar-refractivity contribution in [1.82, 2.24) is 0 Å². The first-order valence-electron chi connectivity index (χ1n) is 8.44. The Bertz CT molecular complexity index is 509. The van der Waals surface area contributed by atoms with Gasteiger partial charge < -0.3 is 14.5 Å². The van der Waals surface area contributed by atoms with Crippen molar-refractivity contribution in [2.75, 3.05) is 0 Å². The lowest BCUT2D eigenvalue weighted by Crippen LogP contribution is -2.39. The molecule has 0 aromatic heterocycles. The van der Waals surface area contributed by atoms with Gasteiger partial charge in [0.15, 0.2) is 0 Å². The number of ether oxygens (including phenoxy) is 1. The van der Waals surface area contributed by atoms with E-state index in [4.69, 9.17) is 24.3 Å². The van der Waals surface area contributed by atoms with Gasteiger partial charge in [-0.25, -0.2) is 0 Å². The average Bonchev–Trinajstić information content (AvgIpc) is 3.21. The number of carbonyl (C=O) groups is 1. The van der Waals surface area contributed by atoms with Crippen LogP contribution in [0.5, 0.6) is 0 Å². The minimum Gasteiger partial charge on any atom is -0.462 e. The molecule has 0 aromatic carbocycles. The van der Waals surface area contributed by atoms with Crippen LogP contribution in [0.1, 0.15) is 51.4 Å². The molecular formula is C17H22O6. The number of hydrogen-bond acceptors (Lipinski definition) is 6. The zero-order chi connectivity index (χ0) is 15.8. The molecule has 2 aliphatic carbocycles. The Hall–Kier alpha value is -1.53. The fraction of sp³-hybridized carbons (Fsp3) is 0.706. The summed E-state index contributed by atoms with van der Waals surface area (Å²) in [5.41, 5.74) is -0.619. The van der Waals surface area contributed by atoms with Gasteiger partial charge in [-0.3, -0.25) is 4.79 Å². The van der Waals surface area contributed by atoms with Crippen LogP contribution in [0.2, 0.25) is 0 Å². The van der Waals surface area contributed by atoms with Gasteiger partial charge in [0.05, 0.1) is 5.92 Å². The first-order chi connectivity index (χ1) is 11.2. The van der Waals surface area contributed by atoms with Gasteiger partial charge in [-0.2, -0.15) is 9.78 Å². The van der Waals surface area contributed by atoms with Gasteiger partial charge in [0, 0.05) is 0 Å². The highest BCUT2D eigenvalue weighted by molar-refractivity contribution is 5.72. The summed E-state index contributed by atoms with van der Waals surface area (Å²) < 4.78 is 5.74. The van der Waals surface area contributed by atoms with E-state index in [-0.39, 0.29) is 29.2 Å². The van der Waals surface area contributed by atoms with Crippen LogP contribution < -0.4 is 0 Å². The van der Waals surface area contributed by atoms with Gasteiger partial charge in [-0.1, -0.05) is 0 Å². The van der Waals surface area contributed by atoms with E-state index in [0.717, 1.165) is 51.4 Å². The highest BCUT2D eigenvalue weighted by Crippen LogP contribution is 2.40. The second-order valence-electron chi connectivity index (χ2n) is 7.00. The third-order valence-corrected chi connectivity index (χ3v) is 5.51. The molecule has 2 heterocycles. The van der Waals surface area contributed by atoms with Crippen LogP contribution in [0, 0.1) is 5.92 Å². The molecule has 4 rings (SSSR count). The minimum atomic E-state index is -0.319. The highest BCUT2D eigenvalue weighted by Gasteiger charge is 2.43. The zero-order valence-electron chi connectivity index (χ0n) is 13.1. The van der Waals surface area contributed by atoms with Gasteiger partial charge in [-0.05, 0) is 63.5 Å². The van der Waals surface area contributed by atoms with E-state index in [9.17, 15) is 4.79 Å². The van der Waals surface area contributed by atoms with E-state index in [1.807, 2.05) is 12.2 Å². The summed E-state index contributed by atoms with van der Waals surface area (Å²) in [6.07, 6.45) is 13.5. The van der Waals surface area contributed by atoms with Crippen molar-refractivity contribution in [3.8, 4) is 0 Å². The fourth-order valence-corrected chi connectivity index (χ4v) is 3.91. The van der Waals surface area contributed by atoms with E-state index < -0.39 is 0 Å². The highest BCUT2D eigenvalue weighted by atomic mass is 17.2. The monoisotopic (exact) mass is 322 g/mol. The van der Waals surface area contributed by atoms with E-state index >= 15 is 0 Å². The lowest BCUT2D eigenvalue weighted by Gasteiger charge is -2.35. The second-order valence-corrected chi connectivity index (χ2v) is 7.00. The van der Waals surface area contributed by atoms with Crippen molar-refractivity contribution in [3.05, 3.63) is 24.7 Å². The molecule has 0 radical (unpaired) electrons. The Labute approximate surface area is 135 Å². The smallest absolute Gasteiger partial charge is 0.309 e. The Morgan fingerprint density at radius 3 is 1.87 bits per heavy atom. The van der Waals surface area contributed by atoms with Gasteiger partial charge in [-0.15, -0.1) is 0 Å². The standard InChI is InChI=1S/C17H22O6/c18-15(13-1-5-16(6-2-13)9-11-19-22-16)21-14-3-7-17(8-4-14)10-12-20-23-17/h9-14H,1-8H2. The number of carbonyl (C=O) groups excluding carboxylic acids is 1. The van der Waals surface area contributed by atoms with Crippen LogP contribution in [0.4, 0.5) is 0 Å². The first kappa shape index (κ1) is 15.0. The molecule has 0 unspecified atom stereocenters. The average molecular weight is 322 g/mol. The van der Waals surface area contributed by atoms with Crippen LogP contribution in [0.3, 0.4) is 0 Å². The Morgan fingerprint density at radius 2 is 1.39 bits per heavy atom. The van der Waals surface area contributed by atoms with Crippen LogP contribution in [0.25, 0.3) is 0 Å². The molecule has 126 valence electrons. The van der Waals surface area contributed by atoms with Crippen molar-refractivity contribution in [1.29, 1.82) is 0 Å². The molecule has 6 heteroatoms. The maximum absolute atomic E-state index is 12.4. The molecule has 6 nitrogen and oxygen atoms in total. The molecule has 0 atom stereocenters. The summed E-state index contributed by atoms with van der Waals surface area (Å²) >= 11 is 0. The van der Waals surface area contributed by atoms with Gasteiger partial charge in [0.25, 0.3) is 0 Å². The Morgan fingerprint density at radius 1 is 0.870 bits per heavy atom. The van der Waals surface area contributed by atoms with Gasteiger partial charge in [0.2, 0.25) is 0 Å². The van der Waals surface area contributed by atoms with E-state index in [1.54, 1.807) is 12.5 Å². The quantitative estimate of drug-likeness (QED) is 0.575. The molecule has 2 spiro atoms. The summed E-state index contributed by atoms with van der Waals surface area (Å²) in [5, 5.41) is 0. The predicted octanol–water partition coefficient (Wildman–Crippen LogP) is 3.09. The van der Waals surface area contributed by atoms with Crippen LogP contribution >= 0.6 is 0 Å². The lowest BCUT2D eigenvalue weighted by atomic mass is 9.79. The maximum Gasteiger partial charge on any atom is 0.309 e. The van der Waals surface area contributed by atoms with Crippen molar-refractivity contribution in [2.24, 2.45) is 5.92 Å². The summed E-state index contributed by atoms with van der Waals surface area (Å²) in [5.74, 6) is -0.0945. The van der Waals surface area contributed by atoms with Crippen LogP contribution in [-0.2, 0) is 29.1 Å². The molecule has 0 bridgehead atoms. The molecule has 0 aromatic rings. The first-order valence-corrected chi connectivity index (χ1v) is 8.44. The third-order valence-electron chi connectivity index (χ3n) is 5.51. The molecule has 2 saturated carbocycles.